The lowest BCUT2D eigenvalue weighted by molar-refractivity contribution is 1.05. The first-order valence-corrected chi connectivity index (χ1v) is 4.10. The van der Waals surface area contributed by atoms with Crippen molar-refractivity contribution in [1.82, 2.24) is 20.2 Å². The van der Waals surface area contributed by atoms with Crippen molar-refractivity contribution in [1.29, 1.82) is 0 Å². The highest BCUT2D eigenvalue weighted by Crippen LogP contribution is 2.19. The summed E-state index contributed by atoms with van der Waals surface area (Å²) in [6, 6.07) is 0. The molecule has 0 amide bonds. The van der Waals surface area contributed by atoms with Crippen LogP contribution < -0.4 is 11.1 Å². The van der Waals surface area contributed by atoms with E-state index in [1.807, 2.05) is 6.92 Å². The van der Waals surface area contributed by atoms with Gasteiger partial charge in [-0.2, -0.15) is 5.10 Å². The van der Waals surface area contributed by atoms with Crippen molar-refractivity contribution < 1.29 is 0 Å². The molecule has 0 fully saturated rings. The van der Waals surface area contributed by atoms with Gasteiger partial charge in [0.05, 0.1) is 29.5 Å². The second kappa shape index (κ2) is 3.33. The number of hydrogen-bond donors (Lipinski definition) is 3. The largest absolute Gasteiger partial charge is 0.394 e. The highest BCUT2D eigenvalue weighted by atomic mass is 15.1. The zero-order valence-electron chi connectivity index (χ0n) is 7.65. The minimum absolute atomic E-state index is 0.508. The number of aromatic nitrogens is 4. The summed E-state index contributed by atoms with van der Waals surface area (Å²) >= 11 is 0. The first-order chi connectivity index (χ1) is 6.77. The fourth-order valence-electron chi connectivity index (χ4n) is 1.05. The molecule has 0 aliphatic carbocycles. The van der Waals surface area contributed by atoms with E-state index in [2.05, 4.69) is 25.5 Å². The molecular weight excluding hydrogens is 180 g/mol. The zero-order chi connectivity index (χ0) is 9.97. The maximum Gasteiger partial charge on any atom is 0.157 e. The van der Waals surface area contributed by atoms with Crippen molar-refractivity contribution in [3.63, 3.8) is 0 Å². The van der Waals surface area contributed by atoms with E-state index >= 15 is 0 Å². The number of aryl methyl sites for hydroxylation is 1. The predicted molar refractivity (Wildman–Crippen MR) is 53.1 cm³/mol. The summed E-state index contributed by atoms with van der Waals surface area (Å²) < 4.78 is 0. The van der Waals surface area contributed by atoms with E-state index in [1.165, 1.54) is 6.33 Å². The Labute approximate surface area is 80.6 Å². The molecule has 0 atom stereocenters. The molecule has 0 aliphatic rings. The van der Waals surface area contributed by atoms with Gasteiger partial charge in [0, 0.05) is 0 Å². The van der Waals surface area contributed by atoms with Gasteiger partial charge < -0.3 is 11.1 Å². The van der Waals surface area contributed by atoms with Crippen LogP contribution in [0.15, 0.2) is 18.7 Å². The average Bonchev–Trinajstić information content (AvgIpc) is 2.56. The first-order valence-electron chi connectivity index (χ1n) is 4.10. The van der Waals surface area contributed by atoms with E-state index in [9.17, 15) is 0 Å². The molecule has 0 aromatic carbocycles. The third-order valence-corrected chi connectivity index (χ3v) is 1.82. The first kappa shape index (κ1) is 8.49. The average molecular weight is 190 g/mol. The van der Waals surface area contributed by atoms with Crippen LogP contribution in [0, 0.1) is 6.92 Å². The molecule has 2 aromatic heterocycles. The van der Waals surface area contributed by atoms with Crippen molar-refractivity contribution in [2.75, 3.05) is 11.1 Å². The summed E-state index contributed by atoms with van der Waals surface area (Å²) in [6.07, 6.45) is 4.66. The van der Waals surface area contributed by atoms with Crippen LogP contribution in [0.25, 0.3) is 0 Å². The molecule has 2 heterocycles. The van der Waals surface area contributed by atoms with Crippen LogP contribution in [0.3, 0.4) is 0 Å². The van der Waals surface area contributed by atoms with Crippen molar-refractivity contribution in [2.24, 2.45) is 0 Å². The van der Waals surface area contributed by atoms with E-state index in [1.54, 1.807) is 12.4 Å². The van der Waals surface area contributed by atoms with Crippen molar-refractivity contribution in [2.45, 2.75) is 6.92 Å². The second-order valence-corrected chi connectivity index (χ2v) is 2.86. The van der Waals surface area contributed by atoms with Gasteiger partial charge in [0.25, 0.3) is 0 Å². The quantitative estimate of drug-likeness (QED) is 0.652. The maximum absolute atomic E-state index is 5.67. The Morgan fingerprint density at radius 3 is 2.93 bits per heavy atom. The molecule has 14 heavy (non-hydrogen) atoms. The zero-order valence-corrected chi connectivity index (χ0v) is 7.65. The van der Waals surface area contributed by atoms with Crippen LogP contribution in [-0.2, 0) is 0 Å². The van der Waals surface area contributed by atoms with Crippen LogP contribution in [0.1, 0.15) is 5.69 Å². The summed E-state index contributed by atoms with van der Waals surface area (Å²) in [5.41, 5.74) is 7.97. The standard InChI is InChI=1S/C8H10N6/c1-5-7(3-12-14-5)13-8-6(9)2-10-4-11-8/h2-4H,9H2,1H3,(H,12,14)(H,10,11,13). The summed E-state index contributed by atoms with van der Waals surface area (Å²) in [6.45, 7) is 1.91. The molecule has 72 valence electrons. The number of hydrogen-bond acceptors (Lipinski definition) is 5. The molecule has 0 radical (unpaired) electrons. The Morgan fingerprint density at radius 1 is 1.43 bits per heavy atom. The number of rotatable bonds is 2. The Balaban J connectivity index is 2.28. The topological polar surface area (TPSA) is 92.5 Å². The van der Waals surface area contributed by atoms with Crippen LogP contribution in [0.2, 0.25) is 0 Å². The summed E-state index contributed by atoms with van der Waals surface area (Å²) in [5.74, 6) is 0.588. The van der Waals surface area contributed by atoms with Gasteiger partial charge in [-0.25, -0.2) is 9.97 Å². The van der Waals surface area contributed by atoms with Gasteiger partial charge >= 0.3 is 0 Å². The molecule has 0 spiro atoms. The number of nitrogens with one attached hydrogen (secondary N) is 2. The SMILES string of the molecule is Cc1[nH]ncc1Nc1ncncc1N. The summed E-state index contributed by atoms with van der Waals surface area (Å²) in [4.78, 5) is 7.80. The van der Waals surface area contributed by atoms with Gasteiger partial charge in [0.2, 0.25) is 0 Å². The fraction of sp³-hybridized carbons (Fsp3) is 0.125. The highest BCUT2D eigenvalue weighted by Gasteiger charge is 2.03. The van der Waals surface area contributed by atoms with E-state index in [4.69, 9.17) is 5.73 Å². The number of aromatic amines is 1. The fourth-order valence-corrected chi connectivity index (χ4v) is 1.05. The lowest BCUT2D eigenvalue weighted by atomic mass is 10.4. The van der Waals surface area contributed by atoms with Crippen LogP contribution in [0.5, 0.6) is 0 Å². The van der Waals surface area contributed by atoms with Crippen molar-refractivity contribution in [3.8, 4) is 0 Å². The van der Waals surface area contributed by atoms with Crippen molar-refractivity contribution in [3.05, 3.63) is 24.4 Å². The molecule has 0 unspecified atom stereocenters. The Bertz CT molecular complexity index is 435. The number of H-pyrrole nitrogens is 1. The molecule has 6 nitrogen and oxygen atoms in total. The second-order valence-electron chi connectivity index (χ2n) is 2.86. The maximum atomic E-state index is 5.67. The van der Waals surface area contributed by atoms with E-state index in [0.717, 1.165) is 11.4 Å². The minimum Gasteiger partial charge on any atom is -0.394 e. The Morgan fingerprint density at radius 2 is 2.29 bits per heavy atom. The van der Waals surface area contributed by atoms with Gasteiger partial charge in [-0.05, 0) is 6.92 Å². The smallest absolute Gasteiger partial charge is 0.157 e. The van der Waals surface area contributed by atoms with Gasteiger partial charge in [0.15, 0.2) is 5.82 Å². The molecule has 6 heteroatoms. The summed E-state index contributed by atoms with van der Waals surface area (Å²) in [7, 11) is 0. The Kier molecular flexibility index (Phi) is 2.02. The molecule has 0 saturated heterocycles. The van der Waals surface area contributed by atoms with Gasteiger partial charge in [-0.15, -0.1) is 0 Å². The lowest BCUT2D eigenvalue weighted by Crippen LogP contribution is -1.99. The van der Waals surface area contributed by atoms with Crippen molar-refractivity contribution >= 4 is 17.2 Å². The van der Waals surface area contributed by atoms with E-state index in [-0.39, 0.29) is 0 Å². The van der Waals surface area contributed by atoms with Gasteiger partial charge in [-0.1, -0.05) is 0 Å². The van der Waals surface area contributed by atoms with Crippen LogP contribution >= 0.6 is 0 Å². The van der Waals surface area contributed by atoms with E-state index in [0.29, 0.717) is 11.5 Å². The number of nitrogens with zero attached hydrogens (tertiary/aromatic N) is 3. The lowest BCUT2D eigenvalue weighted by Gasteiger charge is -2.05. The minimum atomic E-state index is 0.508. The van der Waals surface area contributed by atoms with E-state index < -0.39 is 0 Å². The molecule has 0 bridgehead atoms. The number of nitrogen functional groups attached to an aromatic ring is 1. The monoisotopic (exact) mass is 190 g/mol. The van der Waals surface area contributed by atoms with Gasteiger partial charge in [0.1, 0.15) is 6.33 Å². The number of anilines is 3. The molecule has 2 aromatic rings. The normalized spacial score (nSPS) is 10.1. The molecule has 0 saturated carbocycles. The van der Waals surface area contributed by atoms with Crippen LogP contribution in [0.4, 0.5) is 17.2 Å². The van der Waals surface area contributed by atoms with Gasteiger partial charge in [-0.3, -0.25) is 5.10 Å². The van der Waals surface area contributed by atoms with Crippen LogP contribution in [-0.4, -0.2) is 20.2 Å². The molecular formula is C8H10N6. The molecule has 4 N–H and O–H groups in total. The molecule has 0 aliphatic heterocycles. The predicted octanol–water partition coefficient (Wildman–Crippen LogP) is 0.834. The summed E-state index contributed by atoms with van der Waals surface area (Å²) in [5, 5.41) is 9.74. The molecule has 2 rings (SSSR count). The highest BCUT2D eigenvalue weighted by molar-refractivity contribution is 5.67. The Hall–Kier alpha value is -2.11. The third kappa shape index (κ3) is 1.49. The number of nitrogens with two attached hydrogens (primary N) is 1. The third-order valence-electron chi connectivity index (χ3n) is 1.82.